The molecule has 0 saturated carbocycles. The molecule has 0 aliphatic carbocycles. The molecule has 0 radical (unpaired) electrons. The number of aromatic hydroxyl groups is 1. The van der Waals surface area contributed by atoms with Crippen LogP contribution in [-0.4, -0.2) is 21.7 Å². The largest absolute Gasteiger partial charge is 0.494 e. The number of fused-ring (bicyclic) bond motifs is 1. The van der Waals surface area contributed by atoms with E-state index < -0.39 is 0 Å². The third-order valence-corrected chi connectivity index (χ3v) is 4.03. The van der Waals surface area contributed by atoms with Crippen molar-refractivity contribution in [1.82, 2.24) is 4.98 Å². The van der Waals surface area contributed by atoms with Crippen LogP contribution in [0.3, 0.4) is 0 Å². The van der Waals surface area contributed by atoms with Gasteiger partial charge in [-0.25, -0.2) is 4.99 Å². The molecule has 2 aromatic carbocycles. The van der Waals surface area contributed by atoms with Gasteiger partial charge in [0.05, 0.1) is 22.5 Å². The topological polar surface area (TPSA) is 117 Å². The molecule has 24 heavy (non-hydrogen) atoms. The molecule has 1 aromatic heterocycles. The molecule has 1 aliphatic rings. The molecule has 3 aromatic rings. The maximum absolute atomic E-state index is 12.4. The summed E-state index contributed by atoms with van der Waals surface area (Å²) in [4.78, 5) is 19.4. The van der Waals surface area contributed by atoms with E-state index in [1.54, 1.807) is 48.5 Å². The van der Waals surface area contributed by atoms with E-state index in [1.165, 1.54) is 0 Å². The van der Waals surface area contributed by atoms with Gasteiger partial charge in [0.1, 0.15) is 0 Å². The van der Waals surface area contributed by atoms with Crippen LogP contribution in [0.15, 0.2) is 53.5 Å². The number of rotatable bonds is 2. The van der Waals surface area contributed by atoms with Gasteiger partial charge < -0.3 is 21.6 Å². The molecule has 0 fully saturated rings. The lowest BCUT2D eigenvalue weighted by Crippen LogP contribution is -2.00. The van der Waals surface area contributed by atoms with E-state index in [1.807, 2.05) is 0 Å². The maximum Gasteiger partial charge on any atom is 0.280 e. The van der Waals surface area contributed by atoms with Gasteiger partial charge >= 0.3 is 0 Å². The first-order valence-electron chi connectivity index (χ1n) is 7.35. The Balaban J connectivity index is 1.87. The molecule has 0 saturated heterocycles. The molecular weight excluding hydrogens is 304 g/mol. The molecule has 1 amide bonds. The maximum atomic E-state index is 12.4. The number of H-pyrrole nitrogens is 1. The van der Waals surface area contributed by atoms with Gasteiger partial charge in [-0.3, -0.25) is 4.79 Å². The molecule has 0 unspecified atom stereocenters. The summed E-state index contributed by atoms with van der Waals surface area (Å²) in [5.41, 5.74) is 15.8. The first kappa shape index (κ1) is 14.1. The van der Waals surface area contributed by atoms with Crippen LogP contribution in [0.2, 0.25) is 0 Å². The number of hydrogen-bond donors (Lipinski definition) is 4. The summed E-state index contributed by atoms with van der Waals surface area (Å²) in [5, 5.41) is 10.3. The summed E-state index contributed by atoms with van der Waals surface area (Å²) >= 11 is 0. The van der Waals surface area contributed by atoms with Crippen LogP contribution in [-0.2, 0) is 0 Å². The zero-order valence-electron chi connectivity index (χ0n) is 12.6. The van der Waals surface area contributed by atoms with Crippen molar-refractivity contribution in [1.29, 1.82) is 0 Å². The standard InChI is InChI=1S/C18H14N4O2/c19-11-5-1-9(2-6-11)15-13-14(18(24)21-15)16(22-17(13)23)10-3-7-12(20)8-4-10/h1-8,21,24H,19-20H2. The smallest absolute Gasteiger partial charge is 0.280 e. The van der Waals surface area contributed by atoms with E-state index in [0.29, 0.717) is 33.9 Å². The van der Waals surface area contributed by atoms with E-state index in [0.717, 1.165) is 11.1 Å². The van der Waals surface area contributed by atoms with Crippen LogP contribution in [0.1, 0.15) is 21.5 Å². The number of nitrogen functional groups attached to an aromatic ring is 2. The number of benzene rings is 2. The van der Waals surface area contributed by atoms with Gasteiger partial charge in [0.15, 0.2) is 5.88 Å². The minimum Gasteiger partial charge on any atom is -0.494 e. The van der Waals surface area contributed by atoms with Gasteiger partial charge in [-0.2, -0.15) is 0 Å². The SMILES string of the molecule is Nc1ccc(C2=NC(=O)c3c(-c4ccc(N)cc4)[nH]c(O)c32)cc1. The number of aromatic nitrogens is 1. The highest BCUT2D eigenvalue weighted by Gasteiger charge is 2.33. The summed E-state index contributed by atoms with van der Waals surface area (Å²) in [6.45, 7) is 0. The van der Waals surface area contributed by atoms with Crippen molar-refractivity contribution in [3.05, 3.63) is 65.2 Å². The number of anilines is 2. The predicted octanol–water partition coefficient (Wildman–Crippen LogP) is 2.54. The molecule has 2 heterocycles. The monoisotopic (exact) mass is 318 g/mol. The second kappa shape index (κ2) is 4.99. The number of nitrogens with zero attached hydrogens (tertiary/aromatic N) is 1. The Morgan fingerprint density at radius 1 is 0.833 bits per heavy atom. The molecule has 0 atom stereocenters. The number of nitrogens with one attached hydrogen (secondary N) is 1. The first-order valence-corrected chi connectivity index (χ1v) is 7.35. The van der Waals surface area contributed by atoms with E-state index in [9.17, 15) is 9.90 Å². The zero-order valence-corrected chi connectivity index (χ0v) is 12.6. The number of carbonyl (C=O) groups excluding carboxylic acids is 1. The molecule has 4 rings (SSSR count). The molecule has 6 heteroatoms. The Morgan fingerprint density at radius 3 is 1.96 bits per heavy atom. The van der Waals surface area contributed by atoms with E-state index in [2.05, 4.69) is 9.98 Å². The van der Waals surface area contributed by atoms with Gasteiger partial charge in [-0.05, 0) is 29.8 Å². The number of aliphatic imine (C=N–C) groups is 1. The second-order valence-corrected chi connectivity index (χ2v) is 5.61. The lowest BCUT2D eigenvalue weighted by Gasteiger charge is -2.01. The summed E-state index contributed by atoms with van der Waals surface area (Å²) in [6, 6.07) is 14.0. The summed E-state index contributed by atoms with van der Waals surface area (Å²) < 4.78 is 0. The van der Waals surface area contributed by atoms with E-state index in [4.69, 9.17) is 11.5 Å². The van der Waals surface area contributed by atoms with Gasteiger partial charge in [0.25, 0.3) is 5.91 Å². The Labute approximate surface area is 137 Å². The quantitative estimate of drug-likeness (QED) is 0.543. The molecular formula is C18H14N4O2. The van der Waals surface area contributed by atoms with Gasteiger partial charge in [-0.1, -0.05) is 24.3 Å². The normalized spacial score (nSPS) is 13.0. The van der Waals surface area contributed by atoms with Crippen molar-refractivity contribution in [3.8, 4) is 17.1 Å². The van der Waals surface area contributed by atoms with Crippen molar-refractivity contribution < 1.29 is 9.90 Å². The number of aromatic amines is 1. The van der Waals surface area contributed by atoms with Crippen LogP contribution in [0.25, 0.3) is 11.3 Å². The van der Waals surface area contributed by atoms with Gasteiger partial charge in [0.2, 0.25) is 0 Å². The van der Waals surface area contributed by atoms with Gasteiger partial charge in [0, 0.05) is 16.9 Å². The van der Waals surface area contributed by atoms with Crippen LogP contribution in [0, 0.1) is 0 Å². The van der Waals surface area contributed by atoms with Crippen molar-refractivity contribution >= 4 is 23.0 Å². The van der Waals surface area contributed by atoms with E-state index >= 15 is 0 Å². The number of hydrogen-bond acceptors (Lipinski definition) is 4. The summed E-state index contributed by atoms with van der Waals surface area (Å²) in [7, 11) is 0. The number of carbonyl (C=O) groups is 1. The fourth-order valence-electron chi connectivity index (χ4n) is 2.86. The molecule has 1 aliphatic heterocycles. The fraction of sp³-hybridized carbons (Fsp3) is 0. The van der Waals surface area contributed by atoms with Crippen molar-refractivity contribution in [2.75, 3.05) is 11.5 Å². The third kappa shape index (κ3) is 2.04. The predicted molar refractivity (Wildman–Crippen MR) is 93.1 cm³/mol. The van der Waals surface area contributed by atoms with Gasteiger partial charge in [-0.15, -0.1) is 0 Å². The van der Waals surface area contributed by atoms with Crippen LogP contribution in [0.4, 0.5) is 11.4 Å². The number of nitrogens with two attached hydrogens (primary N) is 2. The first-order chi connectivity index (χ1) is 11.5. The minimum absolute atomic E-state index is 0.0850. The second-order valence-electron chi connectivity index (χ2n) is 5.61. The lowest BCUT2D eigenvalue weighted by molar-refractivity contribution is 0.101. The average molecular weight is 318 g/mol. The Morgan fingerprint density at radius 2 is 1.38 bits per heavy atom. The minimum atomic E-state index is -0.389. The summed E-state index contributed by atoms with van der Waals surface area (Å²) in [6.07, 6.45) is 0. The van der Waals surface area contributed by atoms with Crippen molar-refractivity contribution in [2.24, 2.45) is 4.99 Å². The van der Waals surface area contributed by atoms with Crippen LogP contribution in [0.5, 0.6) is 5.88 Å². The zero-order chi connectivity index (χ0) is 16.8. The third-order valence-electron chi connectivity index (χ3n) is 4.03. The summed E-state index contributed by atoms with van der Waals surface area (Å²) in [5.74, 6) is -0.474. The number of amides is 1. The van der Waals surface area contributed by atoms with Crippen molar-refractivity contribution in [2.45, 2.75) is 0 Å². The molecule has 0 spiro atoms. The van der Waals surface area contributed by atoms with Crippen molar-refractivity contribution in [3.63, 3.8) is 0 Å². The highest BCUT2D eigenvalue weighted by atomic mass is 16.3. The molecule has 6 nitrogen and oxygen atoms in total. The highest BCUT2D eigenvalue weighted by molar-refractivity contribution is 6.30. The van der Waals surface area contributed by atoms with Crippen LogP contribution < -0.4 is 11.5 Å². The Hall–Kier alpha value is -3.54. The highest BCUT2D eigenvalue weighted by Crippen LogP contribution is 2.38. The Kier molecular flexibility index (Phi) is 2.93. The molecule has 118 valence electrons. The Bertz CT molecular complexity index is 983. The van der Waals surface area contributed by atoms with E-state index in [-0.39, 0.29) is 11.8 Å². The molecule has 0 bridgehead atoms. The molecule has 6 N–H and O–H groups in total. The average Bonchev–Trinajstić information content (AvgIpc) is 3.08. The fourth-order valence-corrected chi connectivity index (χ4v) is 2.86. The lowest BCUT2D eigenvalue weighted by atomic mass is 10.00. The van der Waals surface area contributed by atoms with Crippen LogP contribution >= 0.6 is 0 Å².